The van der Waals surface area contributed by atoms with Crippen LogP contribution in [0.4, 0.5) is 4.79 Å². The molecule has 64 valence electrons. The van der Waals surface area contributed by atoms with Gasteiger partial charge < -0.3 is 20.4 Å². The SMILES string of the molecule is CN(C(=O)O)[C@@H]1CNC[C@H]1O. The molecule has 0 aromatic heterocycles. The summed E-state index contributed by atoms with van der Waals surface area (Å²) in [4.78, 5) is 11.5. The maximum absolute atomic E-state index is 10.4. The van der Waals surface area contributed by atoms with E-state index in [1.807, 2.05) is 0 Å². The lowest BCUT2D eigenvalue weighted by Crippen LogP contribution is -2.43. The summed E-state index contributed by atoms with van der Waals surface area (Å²) in [6.07, 6.45) is -1.58. The zero-order valence-electron chi connectivity index (χ0n) is 6.32. The average Bonchev–Trinajstić information content (AvgIpc) is 2.33. The van der Waals surface area contributed by atoms with Gasteiger partial charge in [-0.15, -0.1) is 0 Å². The van der Waals surface area contributed by atoms with Crippen LogP contribution in [0.15, 0.2) is 0 Å². The van der Waals surface area contributed by atoms with E-state index in [0.29, 0.717) is 13.1 Å². The van der Waals surface area contributed by atoms with Crippen LogP contribution in [0, 0.1) is 0 Å². The summed E-state index contributed by atoms with van der Waals surface area (Å²) in [7, 11) is 1.46. The summed E-state index contributed by atoms with van der Waals surface area (Å²) < 4.78 is 0. The highest BCUT2D eigenvalue weighted by Gasteiger charge is 2.30. The van der Waals surface area contributed by atoms with E-state index >= 15 is 0 Å². The van der Waals surface area contributed by atoms with Crippen molar-refractivity contribution in [3.05, 3.63) is 0 Å². The van der Waals surface area contributed by atoms with Gasteiger partial charge in [0.1, 0.15) is 0 Å². The summed E-state index contributed by atoms with van der Waals surface area (Å²) >= 11 is 0. The standard InChI is InChI=1S/C6H12N2O3/c1-8(6(10)11)4-2-7-3-5(4)9/h4-5,7,9H,2-3H2,1H3,(H,10,11)/t4-,5-/m1/s1. The molecular formula is C6H12N2O3. The molecule has 1 saturated heterocycles. The highest BCUT2D eigenvalue weighted by Crippen LogP contribution is 2.06. The van der Waals surface area contributed by atoms with Crippen LogP contribution in [0.3, 0.4) is 0 Å². The van der Waals surface area contributed by atoms with Gasteiger partial charge in [-0.2, -0.15) is 0 Å². The third-order valence-corrected chi connectivity index (χ3v) is 1.95. The number of carbonyl (C=O) groups is 1. The Kier molecular flexibility index (Phi) is 2.31. The maximum Gasteiger partial charge on any atom is 0.407 e. The molecule has 1 aliphatic rings. The Bertz CT molecular complexity index is 162. The van der Waals surface area contributed by atoms with Gasteiger partial charge in [-0.25, -0.2) is 4.79 Å². The number of amides is 1. The molecule has 1 rings (SSSR count). The molecule has 0 bridgehead atoms. The lowest BCUT2D eigenvalue weighted by atomic mass is 10.2. The van der Waals surface area contributed by atoms with E-state index in [9.17, 15) is 9.90 Å². The monoisotopic (exact) mass is 160 g/mol. The molecule has 0 aliphatic carbocycles. The molecule has 0 aromatic carbocycles. The van der Waals surface area contributed by atoms with E-state index in [2.05, 4.69) is 5.32 Å². The highest BCUT2D eigenvalue weighted by atomic mass is 16.4. The summed E-state index contributed by atoms with van der Waals surface area (Å²) in [6, 6.07) is -0.299. The average molecular weight is 160 g/mol. The summed E-state index contributed by atoms with van der Waals surface area (Å²) in [5, 5.41) is 20.7. The lowest BCUT2D eigenvalue weighted by Gasteiger charge is -2.22. The van der Waals surface area contributed by atoms with Crippen molar-refractivity contribution in [2.24, 2.45) is 0 Å². The summed E-state index contributed by atoms with van der Waals surface area (Å²) in [5.41, 5.74) is 0. The van der Waals surface area contributed by atoms with Crippen molar-refractivity contribution in [1.82, 2.24) is 10.2 Å². The fourth-order valence-corrected chi connectivity index (χ4v) is 1.19. The van der Waals surface area contributed by atoms with Gasteiger partial charge in [-0.1, -0.05) is 0 Å². The van der Waals surface area contributed by atoms with E-state index in [1.54, 1.807) is 0 Å². The predicted octanol–water partition coefficient (Wildman–Crippen LogP) is -1.07. The van der Waals surface area contributed by atoms with Crippen molar-refractivity contribution >= 4 is 6.09 Å². The van der Waals surface area contributed by atoms with E-state index in [0.717, 1.165) is 4.90 Å². The molecule has 2 atom stereocenters. The van der Waals surface area contributed by atoms with Crippen LogP contribution in [-0.4, -0.2) is 53.5 Å². The van der Waals surface area contributed by atoms with Crippen LogP contribution < -0.4 is 5.32 Å². The molecule has 0 radical (unpaired) electrons. The molecule has 1 aliphatic heterocycles. The zero-order chi connectivity index (χ0) is 8.43. The minimum absolute atomic E-state index is 0.299. The second-order valence-electron chi connectivity index (χ2n) is 2.69. The molecule has 11 heavy (non-hydrogen) atoms. The predicted molar refractivity (Wildman–Crippen MR) is 38.5 cm³/mol. The molecule has 3 N–H and O–H groups in total. The Morgan fingerprint density at radius 1 is 1.64 bits per heavy atom. The number of aliphatic hydroxyl groups excluding tert-OH is 1. The van der Waals surface area contributed by atoms with Crippen molar-refractivity contribution < 1.29 is 15.0 Å². The summed E-state index contributed by atoms with van der Waals surface area (Å²) in [6.45, 7) is 1.01. The number of hydrogen-bond acceptors (Lipinski definition) is 3. The van der Waals surface area contributed by atoms with Gasteiger partial charge in [0.05, 0.1) is 12.1 Å². The van der Waals surface area contributed by atoms with Crippen molar-refractivity contribution in [1.29, 1.82) is 0 Å². The Morgan fingerprint density at radius 3 is 2.64 bits per heavy atom. The van der Waals surface area contributed by atoms with Gasteiger partial charge in [-0.05, 0) is 0 Å². The number of likely N-dealkylation sites (N-methyl/N-ethyl adjacent to an activating group) is 1. The minimum Gasteiger partial charge on any atom is -0.465 e. The van der Waals surface area contributed by atoms with Crippen LogP contribution in [0.2, 0.25) is 0 Å². The second kappa shape index (κ2) is 3.06. The molecule has 1 fully saturated rings. The van der Waals surface area contributed by atoms with Gasteiger partial charge in [0.25, 0.3) is 0 Å². The van der Waals surface area contributed by atoms with Crippen LogP contribution in [-0.2, 0) is 0 Å². The number of nitrogens with zero attached hydrogens (tertiary/aromatic N) is 1. The van der Waals surface area contributed by atoms with Gasteiger partial charge >= 0.3 is 6.09 Å². The Balaban J connectivity index is 2.52. The highest BCUT2D eigenvalue weighted by molar-refractivity contribution is 5.65. The fraction of sp³-hybridized carbons (Fsp3) is 0.833. The second-order valence-corrected chi connectivity index (χ2v) is 2.69. The molecule has 5 heteroatoms. The van der Waals surface area contributed by atoms with Crippen molar-refractivity contribution in [2.75, 3.05) is 20.1 Å². The van der Waals surface area contributed by atoms with Crippen LogP contribution in [0.5, 0.6) is 0 Å². The first-order valence-corrected chi connectivity index (χ1v) is 3.47. The third-order valence-electron chi connectivity index (χ3n) is 1.95. The van der Waals surface area contributed by atoms with Crippen LogP contribution >= 0.6 is 0 Å². The molecule has 0 saturated carbocycles. The molecule has 1 amide bonds. The largest absolute Gasteiger partial charge is 0.465 e. The molecule has 0 unspecified atom stereocenters. The first-order valence-electron chi connectivity index (χ1n) is 3.47. The van der Waals surface area contributed by atoms with Gasteiger partial charge in [0, 0.05) is 20.1 Å². The number of nitrogens with one attached hydrogen (secondary N) is 1. The first-order chi connectivity index (χ1) is 5.13. The van der Waals surface area contributed by atoms with Gasteiger partial charge in [0.2, 0.25) is 0 Å². The number of aliphatic hydroxyl groups is 1. The van der Waals surface area contributed by atoms with E-state index in [4.69, 9.17) is 5.11 Å². The zero-order valence-corrected chi connectivity index (χ0v) is 6.32. The minimum atomic E-state index is -1.00. The maximum atomic E-state index is 10.4. The quantitative estimate of drug-likeness (QED) is 0.456. The van der Waals surface area contributed by atoms with E-state index in [1.165, 1.54) is 7.05 Å². The normalized spacial score (nSPS) is 30.4. The van der Waals surface area contributed by atoms with E-state index < -0.39 is 12.2 Å². The number of β-amino-alcohol motifs (C(OH)–C–C–N with tert-alkyl or cyclic N) is 1. The lowest BCUT2D eigenvalue weighted by molar-refractivity contribution is 0.0874. The van der Waals surface area contributed by atoms with Gasteiger partial charge in [-0.3, -0.25) is 0 Å². The molecular weight excluding hydrogens is 148 g/mol. The van der Waals surface area contributed by atoms with E-state index in [-0.39, 0.29) is 6.04 Å². The first kappa shape index (κ1) is 8.29. The molecule has 0 aromatic rings. The van der Waals surface area contributed by atoms with Crippen LogP contribution in [0.1, 0.15) is 0 Å². The number of hydrogen-bond donors (Lipinski definition) is 3. The molecule has 1 heterocycles. The van der Waals surface area contributed by atoms with Crippen LogP contribution in [0.25, 0.3) is 0 Å². The Labute approximate surface area is 64.6 Å². The smallest absolute Gasteiger partial charge is 0.407 e. The fourth-order valence-electron chi connectivity index (χ4n) is 1.19. The third kappa shape index (κ3) is 1.61. The Hall–Kier alpha value is -0.810. The molecule has 5 nitrogen and oxygen atoms in total. The number of rotatable bonds is 1. The molecule has 0 spiro atoms. The van der Waals surface area contributed by atoms with Crippen molar-refractivity contribution in [3.8, 4) is 0 Å². The summed E-state index contributed by atoms with van der Waals surface area (Å²) in [5.74, 6) is 0. The van der Waals surface area contributed by atoms with Crippen molar-refractivity contribution in [2.45, 2.75) is 12.1 Å². The van der Waals surface area contributed by atoms with Crippen molar-refractivity contribution in [3.63, 3.8) is 0 Å². The Morgan fingerprint density at radius 2 is 2.27 bits per heavy atom. The number of carboxylic acid groups (broad SMARTS) is 1. The topological polar surface area (TPSA) is 72.8 Å². The van der Waals surface area contributed by atoms with Gasteiger partial charge in [0.15, 0.2) is 0 Å².